The number of hydrogen-bond donors (Lipinski definition) is 1. The van der Waals surface area contributed by atoms with Crippen LogP contribution < -0.4 is 4.90 Å². The first-order chi connectivity index (χ1) is 7.52. The molecule has 1 saturated heterocycles. The van der Waals surface area contributed by atoms with Crippen LogP contribution >= 0.6 is 22.9 Å². The van der Waals surface area contributed by atoms with Crippen LogP contribution in [0.4, 0.5) is 5.13 Å². The maximum atomic E-state index is 9.08. The van der Waals surface area contributed by atoms with Gasteiger partial charge < -0.3 is 10.0 Å². The monoisotopic (exact) mass is 260 g/mol. The summed E-state index contributed by atoms with van der Waals surface area (Å²) in [6.07, 6.45) is 2.36. The molecule has 2 heterocycles. The molecule has 1 aromatic rings. The molecule has 0 aliphatic carbocycles. The molecular weight excluding hydrogens is 244 g/mol. The van der Waals surface area contributed by atoms with E-state index >= 15 is 0 Å². The topological polar surface area (TPSA) is 36.4 Å². The third-order valence-corrected chi connectivity index (χ3v) is 4.70. The van der Waals surface area contributed by atoms with Crippen molar-refractivity contribution in [2.45, 2.75) is 33.3 Å². The van der Waals surface area contributed by atoms with E-state index in [9.17, 15) is 0 Å². The minimum absolute atomic E-state index is 0.0180. The van der Waals surface area contributed by atoms with E-state index in [1.165, 1.54) is 24.2 Å². The van der Waals surface area contributed by atoms with Gasteiger partial charge in [-0.1, -0.05) is 36.8 Å². The van der Waals surface area contributed by atoms with E-state index < -0.39 is 0 Å². The molecule has 0 spiro atoms. The van der Waals surface area contributed by atoms with Crippen LogP contribution in [0, 0.1) is 5.41 Å². The van der Waals surface area contributed by atoms with Crippen molar-refractivity contribution in [2.75, 3.05) is 18.0 Å². The highest BCUT2D eigenvalue weighted by Crippen LogP contribution is 2.35. The number of piperidine rings is 1. The Morgan fingerprint density at radius 2 is 2.06 bits per heavy atom. The number of halogens is 1. The van der Waals surface area contributed by atoms with Gasteiger partial charge in [-0.05, 0) is 18.3 Å². The van der Waals surface area contributed by atoms with Gasteiger partial charge in [0.05, 0.1) is 11.5 Å². The summed E-state index contributed by atoms with van der Waals surface area (Å²) in [5.41, 5.74) is 0.442. The lowest BCUT2D eigenvalue weighted by Crippen LogP contribution is -2.37. The van der Waals surface area contributed by atoms with Crippen molar-refractivity contribution in [1.29, 1.82) is 0 Å². The summed E-state index contributed by atoms with van der Waals surface area (Å²) in [5, 5.41) is 10.5. The number of aliphatic hydroxyl groups is 1. The van der Waals surface area contributed by atoms with Crippen LogP contribution in [0.25, 0.3) is 0 Å². The predicted octanol–water partition coefficient (Wildman–Crippen LogP) is 2.92. The number of aromatic nitrogens is 1. The highest BCUT2D eigenvalue weighted by molar-refractivity contribution is 7.16. The fourth-order valence-electron chi connectivity index (χ4n) is 1.86. The summed E-state index contributed by atoms with van der Waals surface area (Å²) < 4.78 is 0. The van der Waals surface area contributed by atoms with Gasteiger partial charge in [0.25, 0.3) is 0 Å². The average molecular weight is 261 g/mol. The lowest BCUT2D eigenvalue weighted by atomic mass is 9.83. The normalized spacial score (nSPS) is 20.1. The lowest BCUT2D eigenvalue weighted by Gasteiger charge is -2.36. The molecule has 16 heavy (non-hydrogen) atoms. The first kappa shape index (κ1) is 12.1. The molecule has 1 aliphatic heterocycles. The Labute approximate surface area is 105 Å². The van der Waals surface area contributed by atoms with Gasteiger partial charge in [-0.15, -0.1) is 0 Å². The summed E-state index contributed by atoms with van der Waals surface area (Å²) in [5.74, 6) is 0. The molecule has 0 bridgehead atoms. The van der Waals surface area contributed by atoms with Crippen LogP contribution in [0.15, 0.2) is 0 Å². The minimum atomic E-state index is -0.0180. The summed E-state index contributed by atoms with van der Waals surface area (Å²) >= 11 is 7.43. The van der Waals surface area contributed by atoms with Gasteiger partial charge >= 0.3 is 0 Å². The molecule has 1 N–H and O–H groups in total. The molecular formula is C11H17ClN2OS. The smallest absolute Gasteiger partial charge is 0.187 e. The van der Waals surface area contributed by atoms with Gasteiger partial charge in [0, 0.05) is 13.1 Å². The van der Waals surface area contributed by atoms with E-state index in [1.807, 2.05) is 0 Å². The molecule has 2 rings (SSSR count). The Kier molecular flexibility index (Phi) is 3.42. The van der Waals surface area contributed by atoms with E-state index in [0.29, 0.717) is 10.6 Å². The fraction of sp³-hybridized carbons (Fsp3) is 0.727. The van der Waals surface area contributed by atoms with Crippen LogP contribution in [-0.2, 0) is 6.61 Å². The highest BCUT2D eigenvalue weighted by atomic mass is 35.5. The molecule has 1 aliphatic rings. The van der Waals surface area contributed by atoms with Crippen molar-refractivity contribution >= 4 is 28.1 Å². The third kappa shape index (κ3) is 2.50. The first-order valence-corrected chi connectivity index (χ1v) is 6.72. The van der Waals surface area contributed by atoms with Crippen molar-refractivity contribution < 1.29 is 5.11 Å². The van der Waals surface area contributed by atoms with E-state index in [2.05, 4.69) is 23.7 Å². The summed E-state index contributed by atoms with van der Waals surface area (Å²) in [7, 11) is 0. The molecule has 0 aromatic carbocycles. The number of rotatable bonds is 2. The van der Waals surface area contributed by atoms with E-state index in [1.54, 1.807) is 0 Å². The zero-order valence-electron chi connectivity index (χ0n) is 9.66. The van der Waals surface area contributed by atoms with E-state index in [-0.39, 0.29) is 6.61 Å². The summed E-state index contributed by atoms with van der Waals surface area (Å²) in [6, 6.07) is 0. The van der Waals surface area contributed by atoms with Crippen molar-refractivity contribution in [1.82, 2.24) is 4.98 Å². The quantitative estimate of drug-likeness (QED) is 0.888. The molecule has 0 saturated carbocycles. The fourth-order valence-corrected chi connectivity index (χ4v) is 3.03. The summed E-state index contributed by atoms with van der Waals surface area (Å²) in [4.78, 5) is 7.33. The zero-order valence-corrected chi connectivity index (χ0v) is 11.2. The maximum Gasteiger partial charge on any atom is 0.187 e. The third-order valence-electron chi connectivity index (χ3n) is 3.17. The molecule has 3 nitrogen and oxygen atoms in total. The first-order valence-electron chi connectivity index (χ1n) is 5.53. The van der Waals surface area contributed by atoms with Crippen molar-refractivity contribution in [3.05, 3.63) is 10.0 Å². The number of anilines is 1. The van der Waals surface area contributed by atoms with E-state index in [0.717, 1.165) is 23.1 Å². The molecule has 1 aromatic heterocycles. The van der Waals surface area contributed by atoms with E-state index in [4.69, 9.17) is 16.7 Å². The van der Waals surface area contributed by atoms with Crippen LogP contribution in [0.1, 0.15) is 31.6 Å². The molecule has 0 amide bonds. The second-order valence-corrected chi connectivity index (χ2v) is 6.44. The Balaban J connectivity index is 2.08. The standard InChI is InChI=1S/C11H17ClN2OS/c1-11(2)3-5-14(6-4-11)10-13-9(12)8(7-15)16-10/h15H,3-7H2,1-2H3. The van der Waals surface area contributed by atoms with Gasteiger partial charge in [-0.2, -0.15) is 0 Å². The van der Waals surface area contributed by atoms with Crippen LogP contribution in [0.3, 0.4) is 0 Å². The van der Waals surface area contributed by atoms with Gasteiger partial charge in [0.2, 0.25) is 0 Å². The number of hydrogen-bond acceptors (Lipinski definition) is 4. The lowest BCUT2D eigenvalue weighted by molar-refractivity contribution is 0.280. The number of aliphatic hydroxyl groups excluding tert-OH is 1. The van der Waals surface area contributed by atoms with Crippen molar-refractivity contribution in [3.8, 4) is 0 Å². The van der Waals surface area contributed by atoms with Crippen LogP contribution in [-0.4, -0.2) is 23.2 Å². The molecule has 5 heteroatoms. The van der Waals surface area contributed by atoms with Gasteiger partial charge in [0.15, 0.2) is 5.13 Å². The Morgan fingerprint density at radius 1 is 1.44 bits per heavy atom. The predicted molar refractivity (Wildman–Crippen MR) is 68.3 cm³/mol. The SMILES string of the molecule is CC1(C)CCN(c2nc(Cl)c(CO)s2)CC1. The molecule has 0 radical (unpaired) electrons. The highest BCUT2D eigenvalue weighted by Gasteiger charge is 2.27. The van der Waals surface area contributed by atoms with Gasteiger partial charge in [-0.3, -0.25) is 0 Å². The number of thiazole rings is 1. The Morgan fingerprint density at radius 3 is 2.56 bits per heavy atom. The van der Waals surface area contributed by atoms with Crippen molar-refractivity contribution in [2.24, 2.45) is 5.41 Å². The maximum absolute atomic E-state index is 9.08. The minimum Gasteiger partial charge on any atom is -0.391 e. The Bertz CT molecular complexity index is 368. The average Bonchev–Trinajstić information content (AvgIpc) is 2.59. The van der Waals surface area contributed by atoms with Crippen LogP contribution in [0.5, 0.6) is 0 Å². The second kappa shape index (κ2) is 4.51. The molecule has 0 atom stereocenters. The largest absolute Gasteiger partial charge is 0.391 e. The molecule has 1 fully saturated rings. The number of nitrogens with zero attached hydrogens (tertiary/aromatic N) is 2. The Hall–Kier alpha value is -0.320. The van der Waals surface area contributed by atoms with Crippen molar-refractivity contribution in [3.63, 3.8) is 0 Å². The van der Waals surface area contributed by atoms with Crippen LogP contribution in [0.2, 0.25) is 5.15 Å². The zero-order chi connectivity index (χ0) is 11.8. The van der Waals surface area contributed by atoms with Gasteiger partial charge in [0.1, 0.15) is 5.15 Å². The second-order valence-electron chi connectivity index (χ2n) is 5.02. The molecule has 90 valence electrons. The molecule has 0 unspecified atom stereocenters. The van der Waals surface area contributed by atoms with Gasteiger partial charge in [-0.25, -0.2) is 4.98 Å². The summed E-state index contributed by atoms with van der Waals surface area (Å²) in [6.45, 7) is 6.65.